The molecule has 0 atom stereocenters. The number of aryl methyl sites for hydroxylation is 1. The zero-order chi connectivity index (χ0) is 22.8. The van der Waals surface area contributed by atoms with E-state index in [1.54, 1.807) is 24.3 Å². The zero-order valence-electron chi connectivity index (χ0n) is 17.9. The van der Waals surface area contributed by atoms with Gasteiger partial charge in [0.05, 0.1) is 25.5 Å². The molecule has 0 fully saturated rings. The van der Waals surface area contributed by atoms with Crippen LogP contribution < -0.4 is 26.4 Å². The van der Waals surface area contributed by atoms with Gasteiger partial charge in [0.2, 0.25) is 5.95 Å². The molecule has 1 aromatic heterocycles. The fourth-order valence-electron chi connectivity index (χ4n) is 2.90. The van der Waals surface area contributed by atoms with E-state index in [1.807, 2.05) is 37.3 Å². The molecule has 0 saturated carbocycles. The minimum Gasteiger partial charge on any atom is -0.493 e. The Balaban J connectivity index is 1.42. The van der Waals surface area contributed by atoms with Crippen LogP contribution in [0.1, 0.15) is 35.0 Å². The van der Waals surface area contributed by atoms with Crippen molar-refractivity contribution in [2.45, 2.75) is 26.4 Å². The molecule has 9 heteroatoms. The Kier molecular flexibility index (Phi) is 8.22. The smallest absolute Gasteiger partial charge is 0.274 e. The number of hydroxylamine groups is 1. The SMILES string of the molecule is CCc1nc(N)nc(N)c1OCCCOc1cccc(C(=O)NOCc2ccccc2)c1. The minimum atomic E-state index is -0.347. The highest BCUT2D eigenvalue weighted by Crippen LogP contribution is 2.24. The molecule has 1 heterocycles. The van der Waals surface area contributed by atoms with Gasteiger partial charge in [0.1, 0.15) is 5.75 Å². The van der Waals surface area contributed by atoms with Crippen molar-refractivity contribution in [2.24, 2.45) is 0 Å². The maximum absolute atomic E-state index is 12.3. The van der Waals surface area contributed by atoms with Gasteiger partial charge in [-0.15, -0.1) is 0 Å². The van der Waals surface area contributed by atoms with Gasteiger partial charge in [-0.05, 0) is 30.2 Å². The largest absolute Gasteiger partial charge is 0.493 e. The molecular weight excluding hydrogens is 410 g/mol. The van der Waals surface area contributed by atoms with Crippen LogP contribution in [0.5, 0.6) is 11.5 Å². The van der Waals surface area contributed by atoms with Crippen molar-refractivity contribution in [1.82, 2.24) is 15.4 Å². The number of benzene rings is 2. The van der Waals surface area contributed by atoms with E-state index in [-0.39, 0.29) is 24.3 Å². The third-order valence-electron chi connectivity index (χ3n) is 4.46. The molecule has 0 aliphatic carbocycles. The fraction of sp³-hybridized carbons (Fsp3) is 0.261. The molecule has 9 nitrogen and oxygen atoms in total. The van der Waals surface area contributed by atoms with E-state index >= 15 is 0 Å². The normalized spacial score (nSPS) is 10.5. The summed E-state index contributed by atoms with van der Waals surface area (Å²) < 4.78 is 11.5. The van der Waals surface area contributed by atoms with Crippen LogP contribution in [0.2, 0.25) is 0 Å². The summed E-state index contributed by atoms with van der Waals surface area (Å²) in [5.74, 6) is 1.04. The van der Waals surface area contributed by atoms with Gasteiger partial charge < -0.3 is 20.9 Å². The summed E-state index contributed by atoms with van der Waals surface area (Å²) >= 11 is 0. The molecule has 0 saturated heterocycles. The number of anilines is 2. The Morgan fingerprint density at radius 3 is 2.56 bits per heavy atom. The second-order valence-corrected chi connectivity index (χ2v) is 6.88. The lowest BCUT2D eigenvalue weighted by atomic mass is 10.2. The molecule has 0 aliphatic heterocycles. The molecule has 0 unspecified atom stereocenters. The van der Waals surface area contributed by atoms with Gasteiger partial charge >= 0.3 is 0 Å². The van der Waals surface area contributed by atoms with Crippen LogP contribution in [0, 0.1) is 0 Å². The molecule has 0 radical (unpaired) electrons. The Bertz CT molecular complexity index is 1030. The molecule has 2 aromatic carbocycles. The van der Waals surface area contributed by atoms with Crippen molar-refractivity contribution in [3.05, 3.63) is 71.4 Å². The van der Waals surface area contributed by atoms with Crippen LogP contribution in [0.3, 0.4) is 0 Å². The van der Waals surface area contributed by atoms with Crippen LogP contribution in [0.15, 0.2) is 54.6 Å². The van der Waals surface area contributed by atoms with Gasteiger partial charge in [0.15, 0.2) is 11.6 Å². The zero-order valence-corrected chi connectivity index (χ0v) is 17.9. The number of nitrogen functional groups attached to an aromatic ring is 2. The van der Waals surface area contributed by atoms with Crippen molar-refractivity contribution in [3.63, 3.8) is 0 Å². The summed E-state index contributed by atoms with van der Waals surface area (Å²) in [6.45, 7) is 2.99. The first-order valence-corrected chi connectivity index (χ1v) is 10.3. The van der Waals surface area contributed by atoms with Gasteiger partial charge in [-0.25, -0.2) is 10.5 Å². The van der Waals surface area contributed by atoms with Gasteiger partial charge in [0.25, 0.3) is 5.91 Å². The molecule has 168 valence electrons. The Morgan fingerprint density at radius 1 is 1.00 bits per heavy atom. The molecule has 5 N–H and O–H groups in total. The van der Waals surface area contributed by atoms with E-state index in [0.717, 1.165) is 5.56 Å². The van der Waals surface area contributed by atoms with Crippen molar-refractivity contribution in [1.29, 1.82) is 0 Å². The van der Waals surface area contributed by atoms with Gasteiger partial charge in [-0.1, -0.05) is 43.3 Å². The highest BCUT2D eigenvalue weighted by molar-refractivity contribution is 5.93. The monoisotopic (exact) mass is 437 g/mol. The number of aromatic nitrogens is 2. The lowest BCUT2D eigenvalue weighted by Gasteiger charge is -2.13. The lowest BCUT2D eigenvalue weighted by Crippen LogP contribution is -2.23. The molecule has 0 bridgehead atoms. The van der Waals surface area contributed by atoms with E-state index in [9.17, 15) is 4.79 Å². The number of hydrogen-bond acceptors (Lipinski definition) is 8. The minimum absolute atomic E-state index is 0.129. The number of hydrogen-bond donors (Lipinski definition) is 3. The molecule has 1 amide bonds. The van der Waals surface area contributed by atoms with Crippen LogP contribution in [0.4, 0.5) is 11.8 Å². The van der Waals surface area contributed by atoms with Crippen molar-refractivity contribution in [3.8, 4) is 11.5 Å². The first-order valence-electron chi connectivity index (χ1n) is 10.3. The van der Waals surface area contributed by atoms with Crippen molar-refractivity contribution < 1.29 is 19.1 Å². The average Bonchev–Trinajstić information content (AvgIpc) is 2.80. The summed E-state index contributed by atoms with van der Waals surface area (Å²) in [7, 11) is 0. The third kappa shape index (κ3) is 6.58. The number of carbonyl (C=O) groups is 1. The molecule has 32 heavy (non-hydrogen) atoms. The van der Waals surface area contributed by atoms with E-state index in [1.165, 1.54) is 0 Å². The number of nitrogens with one attached hydrogen (secondary N) is 1. The number of ether oxygens (including phenoxy) is 2. The summed E-state index contributed by atoms with van der Waals surface area (Å²) in [5, 5.41) is 0. The van der Waals surface area contributed by atoms with Gasteiger partial charge in [-0.3, -0.25) is 9.63 Å². The number of amides is 1. The maximum atomic E-state index is 12.3. The quantitative estimate of drug-likeness (QED) is 0.308. The van der Waals surface area contributed by atoms with E-state index < -0.39 is 0 Å². The van der Waals surface area contributed by atoms with Crippen LogP contribution >= 0.6 is 0 Å². The lowest BCUT2D eigenvalue weighted by molar-refractivity contribution is 0.0233. The molecule has 3 rings (SSSR count). The van der Waals surface area contributed by atoms with E-state index in [0.29, 0.717) is 48.8 Å². The number of rotatable bonds is 11. The van der Waals surface area contributed by atoms with Crippen LogP contribution in [-0.2, 0) is 17.9 Å². The Morgan fingerprint density at radius 2 is 1.78 bits per heavy atom. The van der Waals surface area contributed by atoms with Gasteiger partial charge in [0, 0.05) is 12.0 Å². The molecular formula is C23H27N5O4. The predicted octanol–water partition coefficient (Wildman–Crippen LogP) is 2.91. The average molecular weight is 438 g/mol. The summed E-state index contributed by atoms with van der Waals surface area (Å²) in [6.07, 6.45) is 1.23. The topological polar surface area (TPSA) is 135 Å². The van der Waals surface area contributed by atoms with Crippen LogP contribution in [-0.4, -0.2) is 29.1 Å². The molecule has 0 aliphatic rings. The van der Waals surface area contributed by atoms with Crippen LogP contribution in [0.25, 0.3) is 0 Å². The van der Waals surface area contributed by atoms with Crippen molar-refractivity contribution >= 4 is 17.7 Å². The Labute approximate surface area is 186 Å². The maximum Gasteiger partial charge on any atom is 0.274 e. The number of carbonyl (C=O) groups excluding carboxylic acids is 1. The second kappa shape index (κ2) is 11.5. The standard InChI is InChI=1S/C23H27N5O4/c1-2-19-20(21(24)27-23(25)26-19)31-13-7-12-30-18-11-6-10-17(14-18)22(29)28-32-15-16-8-4-3-5-9-16/h3-6,8-11,14H,2,7,12-13,15H2,1H3,(H,28,29)(H4,24,25,26,27). The predicted molar refractivity (Wildman–Crippen MR) is 121 cm³/mol. The molecule has 3 aromatic rings. The molecule has 0 spiro atoms. The highest BCUT2D eigenvalue weighted by atomic mass is 16.6. The number of nitrogens with zero attached hydrogens (tertiary/aromatic N) is 2. The van der Waals surface area contributed by atoms with E-state index in [4.69, 9.17) is 25.8 Å². The van der Waals surface area contributed by atoms with Gasteiger partial charge in [-0.2, -0.15) is 4.98 Å². The van der Waals surface area contributed by atoms with Crippen molar-refractivity contribution in [2.75, 3.05) is 24.7 Å². The first-order chi connectivity index (χ1) is 15.6. The summed E-state index contributed by atoms with van der Waals surface area (Å²) in [4.78, 5) is 25.7. The summed E-state index contributed by atoms with van der Waals surface area (Å²) in [6, 6.07) is 16.5. The van der Waals surface area contributed by atoms with E-state index in [2.05, 4.69) is 15.4 Å². The highest BCUT2D eigenvalue weighted by Gasteiger charge is 2.11. The third-order valence-corrected chi connectivity index (χ3v) is 4.46. The second-order valence-electron chi connectivity index (χ2n) is 6.88. The number of nitrogens with two attached hydrogens (primary N) is 2. The fourth-order valence-corrected chi connectivity index (χ4v) is 2.90. The summed E-state index contributed by atoms with van der Waals surface area (Å²) in [5.41, 5.74) is 16.0. The Hall–Kier alpha value is -3.85. The first kappa shape index (κ1) is 22.8.